The average molecular weight is 272 g/mol. The zero-order valence-corrected chi connectivity index (χ0v) is 11.0. The van der Waals surface area contributed by atoms with E-state index in [-0.39, 0.29) is 12.2 Å². The van der Waals surface area contributed by atoms with Crippen molar-refractivity contribution in [2.45, 2.75) is 32.3 Å². The number of nitrogens with one attached hydrogen (secondary N) is 2. The van der Waals surface area contributed by atoms with E-state index in [4.69, 9.17) is 0 Å². The number of carbonyl (C=O) groups excluding carboxylic acids is 1. The number of rotatable bonds is 5. The second-order valence-corrected chi connectivity index (χ2v) is 4.36. The first-order chi connectivity index (χ1) is 8.90. The van der Waals surface area contributed by atoms with Crippen LogP contribution in [0.25, 0.3) is 0 Å². The van der Waals surface area contributed by atoms with Gasteiger partial charge in [0, 0.05) is 12.6 Å². The molecule has 2 amide bonds. The molecule has 19 heavy (non-hydrogen) atoms. The summed E-state index contributed by atoms with van der Waals surface area (Å²) in [4.78, 5) is 11.5. The van der Waals surface area contributed by atoms with Gasteiger partial charge in [-0.25, -0.2) is 13.6 Å². The molecule has 0 saturated carbocycles. The summed E-state index contributed by atoms with van der Waals surface area (Å²) in [5.74, 6) is -1.56. The van der Waals surface area contributed by atoms with E-state index in [0.29, 0.717) is 18.9 Å². The molecule has 0 saturated heterocycles. The Bertz CT molecular complexity index is 448. The van der Waals surface area contributed by atoms with Gasteiger partial charge in [0.25, 0.3) is 0 Å². The Morgan fingerprint density at radius 1 is 1.32 bits per heavy atom. The lowest BCUT2D eigenvalue weighted by Crippen LogP contribution is -2.43. The Balaban J connectivity index is 2.56. The normalized spacial score (nSPS) is 11.2. The smallest absolute Gasteiger partial charge is 0.319 e. The Morgan fingerprint density at radius 3 is 2.47 bits per heavy atom. The highest BCUT2D eigenvalue weighted by Gasteiger charge is 2.22. The number of amides is 2. The van der Waals surface area contributed by atoms with Gasteiger partial charge in [-0.05, 0) is 25.0 Å². The summed E-state index contributed by atoms with van der Waals surface area (Å²) < 4.78 is 26.0. The highest BCUT2D eigenvalue weighted by molar-refractivity contribution is 5.89. The number of anilines is 1. The van der Waals surface area contributed by atoms with Gasteiger partial charge >= 0.3 is 6.03 Å². The van der Waals surface area contributed by atoms with Crippen LogP contribution in [0.15, 0.2) is 18.2 Å². The molecule has 4 nitrogen and oxygen atoms in total. The van der Waals surface area contributed by atoms with Crippen LogP contribution < -0.4 is 10.6 Å². The van der Waals surface area contributed by atoms with Crippen LogP contribution in [-0.2, 0) is 0 Å². The minimum absolute atomic E-state index is 0.0641. The highest BCUT2D eigenvalue weighted by atomic mass is 19.1. The predicted molar refractivity (Wildman–Crippen MR) is 68.9 cm³/mol. The molecule has 0 heterocycles. The maximum absolute atomic E-state index is 13.3. The van der Waals surface area contributed by atoms with E-state index < -0.39 is 23.3 Å². The van der Waals surface area contributed by atoms with E-state index >= 15 is 0 Å². The van der Waals surface area contributed by atoms with Crippen molar-refractivity contribution in [3.63, 3.8) is 0 Å². The lowest BCUT2D eigenvalue weighted by molar-refractivity contribution is 0.0354. The third-order valence-electron chi connectivity index (χ3n) is 3.07. The summed E-state index contributed by atoms with van der Waals surface area (Å²) in [6, 6.07) is 2.22. The first-order valence-electron chi connectivity index (χ1n) is 6.12. The first-order valence-corrected chi connectivity index (χ1v) is 6.12. The fraction of sp³-hybridized carbons (Fsp3) is 0.462. The topological polar surface area (TPSA) is 61.4 Å². The third kappa shape index (κ3) is 4.48. The summed E-state index contributed by atoms with van der Waals surface area (Å²) in [7, 11) is 0. The quantitative estimate of drug-likeness (QED) is 0.771. The van der Waals surface area contributed by atoms with Crippen LogP contribution in [0.2, 0.25) is 0 Å². The number of urea groups is 1. The number of hydrogen-bond acceptors (Lipinski definition) is 2. The Hall–Kier alpha value is -1.69. The molecule has 0 bridgehead atoms. The number of aliphatic hydroxyl groups is 1. The first kappa shape index (κ1) is 15.4. The molecular weight excluding hydrogens is 254 g/mol. The second-order valence-electron chi connectivity index (χ2n) is 4.36. The molecule has 1 rings (SSSR count). The zero-order chi connectivity index (χ0) is 14.5. The summed E-state index contributed by atoms with van der Waals surface area (Å²) in [6.45, 7) is 3.68. The van der Waals surface area contributed by atoms with Crippen molar-refractivity contribution in [1.82, 2.24) is 5.32 Å². The molecule has 0 aliphatic heterocycles. The number of halogens is 2. The fourth-order valence-corrected chi connectivity index (χ4v) is 1.50. The Kier molecular flexibility index (Phi) is 5.23. The lowest BCUT2D eigenvalue weighted by atomic mass is 9.98. The minimum Gasteiger partial charge on any atom is -0.388 e. The van der Waals surface area contributed by atoms with Crippen molar-refractivity contribution in [2.24, 2.45) is 0 Å². The van der Waals surface area contributed by atoms with Gasteiger partial charge < -0.3 is 15.7 Å². The van der Waals surface area contributed by atoms with Gasteiger partial charge in [-0.15, -0.1) is 0 Å². The highest BCUT2D eigenvalue weighted by Crippen LogP contribution is 2.15. The van der Waals surface area contributed by atoms with E-state index in [2.05, 4.69) is 10.6 Å². The molecule has 6 heteroatoms. The van der Waals surface area contributed by atoms with Gasteiger partial charge in [-0.1, -0.05) is 13.8 Å². The standard InChI is InChI=1S/C13H18F2N2O2/c1-3-13(19,4-2)8-16-12(18)17-11-6-5-9(14)7-10(11)15/h5-7,19H,3-4,8H2,1-2H3,(H2,16,17,18). The summed E-state index contributed by atoms with van der Waals surface area (Å²) in [5, 5.41) is 14.7. The molecule has 0 atom stereocenters. The Morgan fingerprint density at radius 2 is 1.95 bits per heavy atom. The van der Waals surface area contributed by atoms with Crippen molar-refractivity contribution in [3.05, 3.63) is 29.8 Å². The molecule has 0 radical (unpaired) electrons. The maximum Gasteiger partial charge on any atom is 0.319 e. The zero-order valence-electron chi connectivity index (χ0n) is 11.0. The molecule has 0 aromatic heterocycles. The summed E-state index contributed by atoms with van der Waals surface area (Å²) >= 11 is 0. The van der Waals surface area contributed by atoms with Gasteiger partial charge in [0.1, 0.15) is 11.6 Å². The molecule has 106 valence electrons. The maximum atomic E-state index is 13.3. The summed E-state index contributed by atoms with van der Waals surface area (Å²) in [6.07, 6.45) is 0.989. The molecule has 1 aromatic rings. The van der Waals surface area contributed by atoms with Crippen molar-refractivity contribution in [3.8, 4) is 0 Å². The molecular formula is C13H18F2N2O2. The van der Waals surface area contributed by atoms with Crippen LogP contribution in [0.1, 0.15) is 26.7 Å². The molecule has 0 fully saturated rings. The van der Waals surface area contributed by atoms with Gasteiger partial charge in [0.15, 0.2) is 0 Å². The number of hydrogen-bond donors (Lipinski definition) is 3. The van der Waals surface area contributed by atoms with Crippen molar-refractivity contribution in [1.29, 1.82) is 0 Å². The van der Waals surface area contributed by atoms with Crippen molar-refractivity contribution in [2.75, 3.05) is 11.9 Å². The predicted octanol–water partition coefficient (Wildman–Crippen LogP) is 2.64. The van der Waals surface area contributed by atoms with Crippen LogP contribution >= 0.6 is 0 Å². The minimum atomic E-state index is -0.974. The fourth-order valence-electron chi connectivity index (χ4n) is 1.50. The van der Waals surface area contributed by atoms with Gasteiger partial charge in [-0.2, -0.15) is 0 Å². The van der Waals surface area contributed by atoms with E-state index in [1.54, 1.807) is 0 Å². The number of carbonyl (C=O) groups is 1. The van der Waals surface area contributed by atoms with E-state index in [0.717, 1.165) is 12.1 Å². The number of benzene rings is 1. The molecule has 0 spiro atoms. The molecule has 0 aliphatic rings. The van der Waals surface area contributed by atoms with E-state index in [9.17, 15) is 18.7 Å². The molecule has 1 aromatic carbocycles. The molecule has 3 N–H and O–H groups in total. The molecule has 0 aliphatic carbocycles. The average Bonchev–Trinajstić information content (AvgIpc) is 2.39. The second kappa shape index (κ2) is 6.47. The van der Waals surface area contributed by atoms with Gasteiger partial charge in [-0.3, -0.25) is 0 Å². The summed E-state index contributed by atoms with van der Waals surface area (Å²) in [5.41, 5.74) is -1.09. The van der Waals surface area contributed by atoms with Crippen LogP contribution in [0, 0.1) is 11.6 Å². The molecule has 0 unspecified atom stereocenters. The monoisotopic (exact) mass is 272 g/mol. The van der Waals surface area contributed by atoms with Crippen molar-refractivity contribution >= 4 is 11.7 Å². The SMILES string of the molecule is CCC(O)(CC)CNC(=O)Nc1ccc(F)cc1F. The van der Waals surface area contributed by atoms with Crippen LogP contribution in [-0.4, -0.2) is 23.3 Å². The van der Waals surface area contributed by atoms with Gasteiger partial charge in [0.2, 0.25) is 0 Å². The van der Waals surface area contributed by atoms with Crippen LogP contribution in [0.5, 0.6) is 0 Å². The Labute approximate surface area is 110 Å². The van der Waals surface area contributed by atoms with E-state index in [1.807, 2.05) is 13.8 Å². The van der Waals surface area contributed by atoms with E-state index in [1.165, 1.54) is 0 Å². The largest absolute Gasteiger partial charge is 0.388 e. The van der Waals surface area contributed by atoms with Crippen LogP contribution in [0.4, 0.5) is 19.3 Å². The van der Waals surface area contributed by atoms with Gasteiger partial charge in [0.05, 0.1) is 11.3 Å². The van der Waals surface area contributed by atoms with Crippen LogP contribution in [0.3, 0.4) is 0 Å². The lowest BCUT2D eigenvalue weighted by Gasteiger charge is -2.25. The third-order valence-corrected chi connectivity index (χ3v) is 3.07. The van der Waals surface area contributed by atoms with Crippen molar-refractivity contribution < 1.29 is 18.7 Å².